The molecular weight excluding hydrogens is 315 g/mol. The fourth-order valence-corrected chi connectivity index (χ4v) is 2.31. The number of halogens is 1. The van der Waals surface area contributed by atoms with Gasteiger partial charge in [0.05, 0.1) is 0 Å². The highest BCUT2D eigenvalue weighted by Crippen LogP contribution is 2.11. The Morgan fingerprint density at radius 2 is 2.13 bits per heavy atom. The molecule has 1 aromatic carbocycles. The predicted molar refractivity (Wildman–Crippen MR) is 89.9 cm³/mol. The second-order valence-electron chi connectivity index (χ2n) is 5.37. The Hall–Kier alpha value is -2.28. The number of hydrogen-bond donors (Lipinski definition) is 2. The number of benzene rings is 1. The first kappa shape index (κ1) is 17.1. The lowest BCUT2D eigenvalue weighted by Gasteiger charge is -2.09. The molecule has 1 aromatic heterocycles. The summed E-state index contributed by atoms with van der Waals surface area (Å²) in [7, 11) is 0. The Morgan fingerprint density at radius 1 is 1.43 bits per heavy atom. The van der Waals surface area contributed by atoms with Crippen molar-refractivity contribution in [2.24, 2.45) is 0 Å². The van der Waals surface area contributed by atoms with Crippen LogP contribution in [0.4, 0.5) is 4.39 Å². The molecule has 0 aliphatic rings. The van der Waals surface area contributed by atoms with Crippen molar-refractivity contribution in [3.8, 4) is 0 Å². The Balaban J connectivity index is 1.87. The molecule has 0 spiro atoms. The van der Waals surface area contributed by atoms with E-state index in [4.69, 9.17) is 12.2 Å². The van der Waals surface area contributed by atoms with Crippen LogP contribution in [0, 0.1) is 10.6 Å². The molecule has 5 nitrogen and oxygen atoms in total. The molecule has 1 amide bonds. The normalized spacial score (nSPS) is 11.3. The standard InChI is InChI=1S/C16H19FN4OS/c1-11(2)15-19-20-16(23)21(15)10-9-18-14(22)8-5-12-3-6-13(17)7-4-12/h3-8,11H,9-10H2,1-2H3,(H,18,22)(H,20,23)/b8-5+. The van der Waals surface area contributed by atoms with Crippen molar-refractivity contribution in [1.29, 1.82) is 0 Å². The van der Waals surface area contributed by atoms with Gasteiger partial charge in [0.2, 0.25) is 5.91 Å². The second-order valence-corrected chi connectivity index (χ2v) is 5.76. The van der Waals surface area contributed by atoms with Crippen LogP contribution in [0.5, 0.6) is 0 Å². The van der Waals surface area contributed by atoms with E-state index in [1.54, 1.807) is 18.2 Å². The molecule has 2 N–H and O–H groups in total. The second kappa shape index (κ2) is 7.82. The Morgan fingerprint density at radius 3 is 2.78 bits per heavy atom. The van der Waals surface area contributed by atoms with E-state index in [0.717, 1.165) is 11.4 Å². The SMILES string of the molecule is CC(C)c1n[nH]c(=S)n1CCNC(=O)/C=C/c1ccc(F)cc1. The highest BCUT2D eigenvalue weighted by Gasteiger charge is 2.09. The Bertz CT molecular complexity index is 746. The molecular formula is C16H19FN4OS. The maximum atomic E-state index is 12.8. The van der Waals surface area contributed by atoms with E-state index in [-0.39, 0.29) is 17.6 Å². The molecule has 23 heavy (non-hydrogen) atoms. The average Bonchev–Trinajstić information content (AvgIpc) is 2.88. The summed E-state index contributed by atoms with van der Waals surface area (Å²) in [5.41, 5.74) is 0.765. The zero-order chi connectivity index (χ0) is 16.8. The summed E-state index contributed by atoms with van der Waals surface area (Å²) in [5, 5.41) is 9.74. The lowest BCUT2D eigenvalue weighted by molar-refractivity contribution is -0.116. The number of rotatable bonds is 6. The molecule has 122 valence electrons. The molecule has 0 bridgehead atoms. The van der Waals surface area contributed by atoms with Crippen LogP contribution in [0.2, 0.25) is 0 Å². The molecule has 0 fully saturated rings. The summed E-state index contributed by atoms with van der Waals surface area (Å²) < 4.78 is 15.2. The van der Waals surface area contributed by atoms with Crippen molar-refractivity contribution in [3.63, 3.8) is 0 Å². The molecule has 0 aliphatic heterocycles. The summed E-state index contributed by atoms with van der Waals surface area (Å²) in [6, 6.07) is 5.93. The van der Waals surface area contributed by atoms with E-state index in [1.165, 1.54) is 18.2 Å². The third kappa shape index (κ3) is 4.85. The number of H-pyrrole nitrogens is 1. The molecule has 7 heteroatoms. The Labute approximate surface area is 139 Å². The van der Waals surface area contributed by atoms with Crippen molar-refractivity contribution in [2.45, 2.75) is 26.3 Å². The maximum Gasteiger partial charge on any atom is 0.244 e. The van der Waals surface area contributed by atoms with Crippen LogP contribution < -0.4 is 5.32 Å². The first-order valence-electron chi connectivity index (χ1n) is 7.34. The molecule has 2 rings (SSSR count). The molecule has 0 radical (unpaired) electrons. The quantitative estimate of drug-likeness (QED) is 0.630. The smallest absolute Gasteiger partial charge is 0.244 e. The predicted octanol–water partition coefficient (Wildman–Crippen LogP) is 3.03. The summed E-state index contributed by atoms with van der Waals surface area (Å²) in [5.74, 6) is 0.600. The first-order chi connectivity index (χ1) is 11.0. The average molecular weight is 334 g/mol. The lowest BCUT2D eigenvalue weighted by atomic mass is 10.2. The molecule has 0 unspecified atom stereocenters. The van der Waals surface area contributed by atoms with Crippen LogP contribution in [0.15, 0.2) is 30.3 Å². The van der Waals surface area contributed by atoms with E-state index in [9.17, 15) is 9.18 Å². The van der Waals surface area contributed by atoms with Gasteiger partial charge in [-0.1, -0.05) is 26.0 Å². The van der Waals surface area contributed by atoms with Gasteiger partial charge in [-0.05, 0) is 36.0 Å². The van der Waals surface area contributed by atoms with Gasteiger partial charge < -0.3 is 9.88 Å². The lowest BCUT2D eigenvalue weighted by Crippen LogP contribution is -2.26. The van der Waals surface area contributed by atoms with Gasteiger partial charge >= 0.3 is 0 Å². The van der Waals surface area contributed by atoms with Gasteiger partial charge in [-0.15, -0.1) is 0 Å². The topological polar surface area (TPSA) is 62.7 Å². The van der Waals surface area contributed by atoms with Gasteiger partial charge in [-0.2, -0.15) is 5.10 Å². The minimum absolute atomic E-state index is 0.213. The number of hydrogen-bond acceptors (Lipinski definition) is 3. The highest BCUT2D eigenvalue weighted by atomic mass is 32.1. The number of aromatic nitrogens is 3. The summed E-state index contributed by atoms with van der Waals surface area (Å²) in [4.78, 5) is 11.8. The van der Waals surface area contributed by atoms with Crippen molar-refractivity contribution in [3.05, 3.63) is 52.3 Å². The third-order valence-corrected chi connectivity index (χ3v) is 3.55. The fourth-order valence-electron chi connectivity index (χ4n) is 2.08. The van der Waals surface area contributed by atoms with Gasteiger partial charge in [0.15, 0.2) is 4.77 Å². The Kier molecular flexibility index (Phi) is 5.81. The number of carbonyl (C=O) groups is 1. The van der Waals surface area contributed by atoms with Gasteiger partial charge in [0.25, 0.3) is 0 Å². The summed E-state index contributed by atoms with van der Waals surface area (Å²) >= 11 is 5.18. The zero-order valence-corrected chi connectivity index (χ0v) is 13.9. The van der Waals surface area contributed by atoms with Crippen LogP contribution in [0.1, 0.15) is 31.2 Å². The number of aromatic amines is 1. The molecule has 0 saturated heterocycles. The van der Waals surface area contributed by atoms with Gasteiger partial charge in [0, 0.05) is 25.1 Å². The van der Waals surface area contributed by atoms with E-state index in [0.29, 0.717) is 17.9 Å². The maximum absolute atomic E-state index is 12.8. The fraction of sp³-hybridized carbons (Fsp3) is 0.312. The van der Waals surface area contributed by atoms with Crippen molar-refractivity contribution in [2.75, 3.05) is 6.54 Å². The molecule has 2 aromatic rings. The van der Waals surface area contributed by atoms with Gasteiger partial charge in [-0.3, -0.25) is 9.89 Å². The van der Waals surface area contributed by atoms with Crippen molar-refractivity contribution >= 4 is 24.2 Å². The molecule has 0 atom stereocenters. The van der Waals surface area contributed by atoms with Crippen LogP contribution in [0.3, 0.4) is 0 Å². The number of amides is 1. The van der Waals surface area contributed by atoms with Crippen LogP contribution in [0.25, 0.3) is 6.08 Å². The van der Waals surface area contributed by atoms with Crippen molar-refractivity contribution in [1.82, 2.24) is 20.1 Å². The van der Waals surface area contributed by atoms with E-state index in [1.807, 2.05) is 18.4 Å². The highest BCUT2D eigenvalue weighted by molar-refractivity contribution is 7.71. The minimum atomic E-state index is -0.301. The number of carbonyl (C=O) groups excluding carboxylic acids is 1. The molecule has 1 heterocycles. The van der Waals surface area contributed by atoms with E-state index in [2.05, 4.69) is 15.5 Å². The molecule has 0 saturated carbocycles. The number of nitrogens with one attached hydrogen (secondary N) is 2. The van der Waals surface area contributed by atoms with Gasteiger partial charge in [-0.25, -0.2) is 4.39 Å². The largest absolute Gasteiger partial charge is 0.351 e. The summed E-state index contributed by atoms with van der Waals surface area (Å²) in [6.07, 6.45) is 3.06. The minimum Gasteiger partial charge on any atom is -0.351 e. The van der Waals surface area contributed by atoms with Gasteiger partial charge in [0.1, 0.15) is 11.6 Å². The van der Waals surface area contributed by atoms with Crippen LogP contribution in [-0.4, -0.2) is 27.2 Å². The summed E-state index contributed by atoms with van der Waals surface area (Å²) in [6.45, 7) is 5.07. The number of nitrogens with zero attached hydrogens (tertiary/aromatic N) is 2. The van der Waals surface area contributed by atoms with Crippen LogP contribution >= 0.6 is 12.2 Å². The first-order valence-corrected chi connectivity index (χ1v) is 7.75. The zero-order valence-electron chi connectivity index (χ0n) is 13.0. The van der Waals surface area contributed by atoms with E-state index < -0.39 is 0 Å². The van der Waals surface area contributed by atoms with Crippen LogP contribution in [-0.2, 0) is 11.3 Å². The monoisotopic (exact) mass is 334 g/mol. The van der Waals surface area contributed by atoms with Crippen molar-refractivity contribution < 1.29 is 9.18 Å². The molecule has 0 aliphatic carbocycles. The third-order valence-electron chi connectivity index (χ3n) is 3.24. The van der Waals surface area contributed by atoms with E-state index >= 15 is 0 Å².